The van der Waals surface area contributed by atoms with Gasteiger partial charge >= 0.3 is 0 Å². The molecule has 0 amide bonds. The second-order valence-electron chi connectivity index (χ2n) is 8.52. The van der Waals surface area contributed by atoms with Gasteiger partial charge < -0.3 is 14.6 Å². The van der Waals surface area contributed by atoms with Crippen molar-refractivity contribution < 1.29 is 25.5 Å². The first-order valence-electron chi connectivity index (χ1n) is 16.1. The van der Waals surface area contributed by atoms with Gasteiger partial charge in [-0.1, -0.05) is 20.2 Å². The van der Waals surface area contributed by atoms with Crippen LogP contribution in [0.2, 0.25) is 0 Å². The van der Waals surface area contributed by atoms with Crippen LogP contribution in [-0.4, -0.2) is 65.8 Å². The number of aryl methyl sites for hydroxylation is 2. The van der Waals surface area contributed by atoms with Crippen molar-refractivity contribution in [1.82, 2.24) is 29.4 Å². The molecule has 10 nitrogen and oxygen atoms in total. The van der Waals surface area contributed by atoms with E-state index < -0.39 is 58.3 Å². The zero-order chi connectivity index (χ0) is 33.8. The first kappa shape index (κ1) is 16.9. The molecule has 1 aliphatic heterocycles. The van der Waals surface area contributed by atoms with Gasteiger partial charge in [0.15, 0.2) is 5.52 Å². The number of aromatic amines is 1. The summed E-state index contributed by atoms with van der Waals surface area (Å²) < 4.78 is 108. The second-order valence-corrected chi connectivity index (χ2v) is 10.2. The zero-order valence-electron chi connectivity index (χ0n) is 29.4. The van der Waals surface area contributed by atoms with Crippen LogP contribution in [0.4, 0.5) is 0 Å². The summed E-state index contributed by atoms with van der Waals surface area (Å²) in [4.78, 5) is 21.3. The first-order chi connectivity index (χ1) is 20.6. The van der Waals surface area contributed by atoms with Crippen LogP contribution >= 0.6 is 0 Å². The molecular weight excluding hydrogens is 480 g/mol. The molecule has 1 aliphatic rings. The molecule has 1 aromatic carbocycles. The van der Waals surface area contributed by atoms with Crippen LogP contribution in [-0.2, 0) is 23.4 Å². The quantitative estimate of drug-likeness (QED) is 0.395. The fourth-order valence-electron chi connectivity index (χ4n) is 4.03. The fourth-order valence-corrected chi connectivity index (χ4v) is 4.86. The van der Waals surface area contributed by atoms with Crippen molar-refractivity contribution in [3.05, 3.63) is 34.2 Å². The lowest BCUT2D eigenvalue weighted by Gasteiger charge is -2.19. The Kier molecular flexibility index (Phi) is 5.21. The Hall–Kier alpha value is -2.76. The molecule has 0 aliphatic carbocycles. The number of benzene rings is 1. The lowest BCUT2D eigenvalue weighted by molar-refractivity contribution is 0.297. The molecule has 196 valence electrons. The van der Waals surface area contributed by atoms with Crippen LogP contribution < -0.4 is 15.0 Å². The van der Waals surface area contributed by atoms with E-state index in [0.717, 1.165) is 12.1 Å². The first-order valence-corrected chi connectivity index (χ1v) is 13.1. The molecule has 0 bridgehead atoms. The standard InChI is InChI=1S/C25H36N6O4S/c1-5-8-20-22-23(31(4)29-20)25(32)28-24(27-22)19-16-18(10-11-21(19)35-15-6-2)36(33,34)26-13-12-17-9-7-14-30(17)3/h10-11,16-17,26H,5-9,12-15H2,1-4H3,(H,27,28,32)/i4D3,5D2,12D2,13D2. The smallest absolute Gasteiger partial charge is 0.277 e. The largest absolute Gasteiger partial charge is 0.493 e. The summed E-state index contributed by atoms with van der Waals surface area (Å²) in [5.41, 5.74) is -1.70. The van der Waals surface area contributed by atoms with Crippen molar-refractivity contribution in [2.24, 2.45) is 6.98 Å². The van der Waals surface area contributed by atoms with Crippen LogP contribution in [0.25, 0.3) is 22.4 Å². The highest BCUT2D eigenvalue weighted by Gasteiger charge is 2.23. The Balaban J connectivity index is 1.86. The van der Waals surface area contributed by atoms with Crippen molar-refractivity contribution in [3.63, 3.8) is 0 Å². The summed E-state index contributed by atoms with van der Waals surface area (Å²) in [6.45, 7) is -2.08. The van der Waals surface area contributed by atoms with Crippen molar-refractivity contribution in [2.45, 2.75) is 63.2 Å². The predicted octanol–water partition coefficient (Wildman–Crippen LogP) is 2.83. The van der Waals surface area contributed by atoms with Crippen LogP contribution in [0.15, 0.2) is 27.9 Å². The molecule has 0 radical (unpaired) electrons. The molecule has 4 rings (SSSR count). The molecule has 3 aromatic rings. The molecular formula is C25H36N6O4S. The average molecular weight is 526 g/mol. The molecule has 2 N–H and O–H groups in total. The van der Waals surface area contributed by atoms with Crippen molar-refractivity contribution in [3.8, 4) is 17.1 Å². The maximum absolute atomic E-state index is 13.5. The lowest BCUT2D eigenvalue weighted by atomic mass is 10.1. The normalized spacial score (nSPS) is 22.0. The summed E-state index contributed by atoms with van der Waals surface area (Å²) in [5.74, 6) is -0.135. The number of nitrogens with zero attached hydrogens (tertiary/aromatic N) is 4. The van der Waals surface area contributed by atoms with Gasteiger partial charge in [0, 0.05) is 31.9 Å². The number of fused-ring (bicyclic) bond motifs is 1. The summed E-state index contributed by atoms with van der Waals surface area (Å²) in [6.07, 6.45) is -3.28. The van der Waals surface area contributed by atoms with Crippen molar-refractivity contribution in [1.29, 1.82) is 0 Å². The number of aromatic nitrogens is 4. The maximum atomic E-state index is 13.5. The number of sulfonamides is 1. The summed E-state index contributed by atoms with van der Waals surface area (Å²) in [5, 5.41) is 3.99. The minimum Gasteiger partial charge on any atom is -0.493 e. The lowest BCUT2D eigenvalue weighted by Crippen LogP contribution is -2.31. The number of ether oxygens (including phenoxy) is 1. The molecule has 0 spiro atoms. The minimum absolute atomic E-state index is 0.0449. The highest BCUT2D eigenvalue weighted by Crippen LogP contribution is 2.31. The molecule has 11 heteroatoms. The fraction of sp³-hybridized carbons (Fsp3) is 0.560. The summed E-state index contributed by atoms with van der Waals surface area (Å²) >= 11 is 0. The number of likely N-dealkylation sites (tertiary alicyclic amines) is 1. The van der Waals surface area contributed by atoms with Gasteiger partial charge in [0.1, 0.15) is 17.1 Å². The van der Waals surface area contributed by atoms with Crippen molar-refractivity contribution in [2.75, 3.05) is 26.7 Å². The number of hydrogen-bond acceptors (Lipinski definition) is 7. The molecule has 0 saturated carbocycles. The van der Waals surface area contributed by atoms with E-state index in [1.165, 1.54) is 13.0 Å². The van der Waals surface area contributed by atoms with Gasteiger partial charge in [0.25, 0.3) is 5.56 Å². The second kappa shape index (κ2) is 11.1. The Morgan fingerprint density at radius 1 is 1.36 bits per heavy atom. The highest BCUT2D eigenvalue weighted by molar-refractivity contribution is 7.89. The zero-order valence-corrected chi connectivity index (χ0v) is 21.2. The molecule has 1 unspecified atom stereocenters. The maximum Gasteiger partial charge on any atom is 0.277 e. The number of rotatable bonds is 11. The van der Waals surface area contributed by atoms with Gasteiger partial charge in [0.05, 0.1) is 22.8 Å². The van der Waals surface area contributed by atoms with Crippen LogP contribution in [0.3, 0.4) is 0 Å². The molecule has 3 heterocycles. The Bertz CT molecular complexity index is 1740. The monoisotopic (exact) mass is 525 g/mol. The number of H-pyrrole nitrogens is 1. The van der Waals surface area contributed by atoms with Gasteiger partial charge in [-0.25, -0.2) is 18.1 Å². The summed E-state index contributed by atoms with van der Waals surface area (Å²) in [6, 6.07) is 2.65. The molecule has 2 aromatic heterocycles. The predicted molar refractivity (Wildman–Crippen MR) is 140 cm³/mol. The van der Waals surface area contributed by atoms with Crippen LogP contribution in [0.5, 0.6) is 5.75 Å². The van der Waals surface area contributed by atoms with Crippen molar-refractivity contribution >= 4 is 21.1 Å². The molecule has 36 heavy (non-hydrogen) atoms. The average Bonchev–Trinajstić information content (AvgIpc) is 3.50. The minimum atomic E-state index is -4.72. The summed E-state index contributed by atoms with van der Waals surface area (Å²) in [7, 11) is -3.07. The highest BCUT2D eigenvalue weighted by atomic mass is 32.2. The van der Waals surface area contributed by atoms with Gasteiger partial charge in [-0.05, 0) is 63.8 Å². The van der Waals surface area contributed by atoms with E-state index in [4.69, 9.17) is 17.1 Å². The van der Waals surface area contributed by atoms with E-state index in [1.54, 1.807) is 11.9 Å². The number of hydrogen-bond donors (Lipinski definition) is 2. The van der Waals surface area contributed by atoms with Gasteiger partial charge in [-0.15, -0.1) is 0 Å². The van der Waals surface area contributed by atoms with E-state index >= 15 is 0 Å². The molecule has 1 saturated heterocycles. The Morgan fingerprint density at radius 2 is 2.19 bits per heavy atom. The third-order valence-corrected chi connectivity index (χ3v) is 7.11. The van der Waals surface area contributed by atoms with E-state index in [-0.39, 0.29) is 41.4 Å². The molecule has 1 fully saturated rings. The molecule has 1 atom stereocenters. The van der Waals surface area contributed by atoms with Gasteiger partial charge in [0.2, 0.25) is 10.0 Å². The van der Waals surface area contributed by atoms with E-state index in [1.807, 2.05) is 11.6 Å². The third-order valence-electron chi connectivity index (χ3n) is 5.87. The van der Waals surface area contributed by atoms with Crippen LogP contribution in [0, 0.1) is 0 Å². The third kappa shape index (κ3) is 5.47. The Labute approximate surface area is 224 Å². The van der Waals surface area contributed by atoms with Gasteiger partial charge in [-0.2, -0.15) is 5.10 Å². The van der Waals surface area contributed by atoms with Gasteiger partial charge in [-0.3, -0.25) is 9.48 Å². The number of nitrogens with one attached hydrogen (secondary N) is 2. The Morgan fingerprint density at radius 3 is 2.89 bits per heavy atom. The van der Waals surface area contributed by atoms with E-state index in [9.17, 15) is 13.2 Å². The SMILES string of the molecule is [2H]C([2H])(C)Cc1nn(C([2H])([2H])[2H])c2c(=O)[nH]c(-c3cc(S(=O)(=O)NC([2H])([2H])C([2H])([2H])C4CCCN4C)ccc3OCCC)nc12. The topological polar surface area (TPSA) is 122 Å². The van der Waals surface area contributed by atoms with E-state index in [2.05, 4.69) is 15.1 Å². The van der Waals surface area contributed by atoms with E-state index in [0.29, 0.717) is 30.5 Å². The van der Waals surface area contributed by atoms with Crippen LogP contribution in [0.1, 0.15) is 63.9 Å².